The first kappa shape index (κ1) is 16.6. The van der Waals surface area contributed by atoms with Crippen molar-refractivity contribution in [3.63, 3.8) is 0 Å². The van der Waals surface area contributed by atoms with Crippen LogP contribution in [0.3, 0.4) is 0 Å². The van der Waals surface area contributed by atoms with Gasteiger partial charge in [-0.25, -0.2) is 4.39 Å². The van der Waals surface area contributed by atoms with Crippen LogP contribution in [0.4, 0.5) is 4.39 Å². The van der Waals surface area contributed by atoms with Crippen LogP contribution < -0.4 is 0 Å². The van der Waals surface area contributed by atoms with Crippen molar-refractivity contribution in [2.45, 2.75) is 26.2 Å². The Hall–Kier alpha value is -2.87. The van der Waals surface area contributed by atoms with Gasteiger partial charge >= 0.3 is 0 Å². The molecule has 4 rings (SSSR count). The fourth-order valence-corrected chi connectivity index (χ4v) is 3.55. The van der Waals surface area contributed by atoms with Crippen molar-refractivity contribution in [3.05, 3.63) is 107 Å². The minimum atomic E-state index is -0.183. The van der Waals surface area contributed by atoms with Crippen molar-refractivity contribution in [3.8, 4) is 0 Å². The second-order valence-corrected chi connectivity index (χ2v) is 6.92. The van der Waals surface area contributed by atoms with E-state index in [2.05, 4.69) is 60.6 Å². The zero-order chi connectivity index (χ0) is 17.9. The van der Waals surface area contributed by atoms with E-state index < -0.39 is 0 Å². The Morgan fingerprint density at radius 3 is 2.38 bits per heavy atom. The highest BCUT2D eigenvalue weighted by Crippen LogP contribution is 2.21. The van der Waals surface area contributed by atoms with Crippen LogP contribution in [0.5, 0.6) is 0 Å². The monoisotopic (exact) mass is 343 g/mol. The summed E-state index contributed by atoms with van der Waals surface area (Å²) in [5, 5.41) is 1.31. The number of rotatable bonds is 5. The molecule has 3 aromatic carbocycles. The molecule has 0 aliphatic carbocycles. The normalized spacial score (nSPS) is 11.2. The highest BCUT2D eigenvalue weighted by Gasteiger charge is 2.06. The summed E-state index contributed by atoms with van der Waals surface area (Å²) in [6.45, 7) is 2.17. The molecule has 0 saturated carbocycles. The van der Waals surface area contributed by atoms with Crippen molar-refractivity contribution < 1.29 is 4.39 Å². The Labute approximate surface area is 153 Å². The summed E-state index contributed by atoms with van der Waals surface area (Å²) in [5.74, 6) is -0.183. The van der Waals surface area contributed by atoms with Gasteiger partial charge in [0.25, 0.3) is 0 Å². The summed E-state index contributed by atoms with van der Waals surface area (Å²) in [5.41, 5.74) is 7.68. The highest BCUT2D eigenvalue weighted by atomic mass is 19.1. The molecule has 0 radical (unpaired) electrons. The van der Waals surface area contributed by atoms with Crippen LogP contribution >= 0.6 is 0 Å². The first-order chi connectivity index (χ1) is 12.7. The number of benzene rings is 3. The number of aryl methyl sites for hydroxylation is 3. The molecule has 0 spiro atoms. The van der Waals surface area contributed by atoms with Crippen LogP contribution in [0.2, 0.25) is 0 Å². The quantitative estimate of drug-likeness (QED) is 0.458. The maximum absolute atomic E-state index is 13.1. The van der Waals surface area contributed by atoms with Crippen molar-refractivity contribution >= 4 is 10.9 Å². The Bertz CT molecular complexity index is 1030. The average molecular weight is 343 g/mol. The van der Waals surface area contributed by atoms with Gasteiger partial charge in [0.1, 0.15) is 5.82 Å². The summed E-state index contributed by atoms with van der Waals surface area (Å²) in [7, 11) is 0. The van der Waals surface area contributed by atoms with Gasteiger partial charge in [-0.1, -0.05) is 48.5 Å². The van der Waals surface area contributed by atoms with Gasteiger partial charge in [0.2, 0.25) is 0 Å². The first-order valence-electron chi connectivity index (χ1n) is 9.07. The van der Waals surface area contributed by atoms with Crippen molar-refractivity contribution in [1.82, 2.24) is 4.98 Å². The molecule has 0 atom stereocenters. The number of para-hydroxylation sites is 1. The maximum Gasteiger partial charge on any atom is 0.123 e. The Morgan fingerprint density at radius 1 is 0.808 bits per heavy atom. The number of hydrogen-bond acceptors (Lipinski definition) is 0. The number of aromatic nitrogens is 1. The molecule has 1 heterocycles. The van der Waals surface area contributed by atoms with Gasteiger partial charge in [0.05, 0.1) is 0 Å². The van der Waals surface area contributed by atoms with E-state index in [-0.39, 0.29) is 5.82 Å². The number of halogens is 1. The van der Waals surface area contributed by atoms with Gasteiger partial charge < -0.3 is 4.98 Å². The molecule has 0 unspecified atom stereocenters. The van der Waals surface area contributed by atoms with Gasteiger partial charge in [0.15, 0.2) is 0 Å². The van der Waals surface area contributed by atoms with E-state index >= 15 is 0 Å². The largest absolute Gasteiger partial charge is 0.361 e. The minimum absolute atomic E-state index is 0.183. The Morgan fingerprint density at radius 2 is 1.54 bits per heavy atom. The summed E-state index contributed by atoms with van der Waals surface area (Å²) in [6.07, 6.45) is 5.00. The predicted molar refractivity (Wildman–Crippen MR) is 106 cm³/mol. The van der Waals surface area contributed by atoms with Gasteiger partial charge in [-0.05, 0) is 72.2 Å². The number of nitrogens with one attached hydrogen (secondary N) is 1. The fraction of sp³-hybridized carbons (Fsp3) is 0.167. The fourth-order valence-electron chi connectivity index (χ4n) is 3.55. The lowest BCUT2D eigenvalue weighted by Crippen LogP contribution is -1.97. The lowest BCUT2D eigenvalue weighted by atomic mass is 9.96. The molecule has 0 amide bonds. The molecule has 130 valence electrons. The summed E-state index contributed by atoms with van der Waals surface area (Å²) in [4.78, 5) is 3.36. The first-order valence-corrected chi connectivity index (χ1v) is 9.07. The molecule has 26 heavy (non-hydrogen) atoms. The Balaban J connectivity index is 1.52. The zero-order valence-corrected chi connectivity index (χ0v) is 14.9. The molecule has 0 aliphatic rings. The summed E-state index contributed by atoms with van der Waals surface area (Å²) < 4.78 is 13.1. The van der Waals surface area contributed by atoms with Crippen LogP contribution in [0, 0.1) is 12.7 Å². The smallest absolute Gasteiger partial charge is 0.123 e. The molecule has 0 aliphatic heterocycles. The zero-order valence-electron chi connectivity index (χ0n) is 14.9. The van der Waals surface area contributed by atoms with Crippen LogP contribution in [-0.4, -0.2) is 4.98 Å². The van der Waals surface area contributed by atoms with E-state index in [1.165, 1.54) is 45.3 Å². The third-order valence-electron chi connectivity index (χ3n) is 5.07. The standard InChI is InChI=1S/C24H22FN/c1-17-6-7-19(14-18-8-12-22(25)13-9-18)15-20(17)10-11-21-16-26-24-5-3-2-4-23(21)24/h2-9,12-13,15-16,26H,10-11,14H2,1H3. The van der Waals surface area contributed by atoms with E-state index in [1.807, 2.05) is 12.1 Å². The molecule has 0 saturated heterocycles. The van der Waals surface area contributed by atoms with Crippen LogP contribution in [0.1, 0.15) is 27.8 Å². The van der Waals surface area contributed by atoms with E-state index in [0.29, 0.717) is 0 Å². The number of aromatic amines is 1. The average Bonchev–Trinajstić information content (AvgIpc) is 3.07. The molecule has 4 aromatic rings. The number of hydrogen-bond donors (Lipinski definition) is 1. The molecule has 1 nitrogen and oxygen atoms in total. The third kappa shape index (κ3) is 3.55. The summed E-state index contributed by atoms with van der Waals surface area (Å²) >= 11 is 0. The number of H-pyrrole nitrogens is 1. The third-order valence-corrected chi connectivity index (χ3v) is 5.07. The molecule has 1 aromatic heterocycles. The van der Waals surface area contributed by atoms with Gasteiger partial charge in [-0.15, -0.1) is 0 Å². The topological polar surface area (TPSA) is 15.8 Å². The van der Waals surface area contributed by atoms with E-state index in [4.69, 9.17) is 0 Å². The molecule has 1 N–H and O–H groups in total. The van der Waals surface area contributed by atoms with Crippen LogP contribution in [0.25, 0.3) is 10.9 Å². The molecule has 2 heteroatoms. The van der Waals surface area contributed by atoms with Crippen LogP contribution in [0.15, 0.2) is 72.9 Å². The van der Waals surface area contributed by atoms with Crippen molar-refractivity contribution in [2.24, 2.45) is 0 Å². The second-order valence-electron chi connectivity index (χ2n) is 6.92. The van der Waals surface area contributed by atoms with Crippen molar-refractivity contribution in [1.29, 1.82) is 0 Å². The van der Waals surface area contributed by atoms with E-state index in [1.54, 1.807) is 0 Å². The van der Waals surface area contributed by atoms with E-state index in [0.717, 1.165) is 24.8 Å². The molecular weight excluding hydrogens is 321 g/mol. The Kier molecular flexibility index (Phi) is 4.57. The van der Waals surface area contributed by atoms with Crippen LogP contribution in [-0.2, 0) is 19.3 Å². The maximum atomic E-state index is 13.1. The SMILES string of the molecule is Cc1ccc(Cc2ccc(F)cc2)cc1CCc1c[nH]c2ccccc12. The van der Waals surface area contributed by atoms with E-state index in [9.17, 15) is 4.39 Å². The lowest BCUT2D eigenvalue weighted by molar-refractivity contribution is 0.627. The molecule has 0 fully saturated rings. The predicted octanol–water partition coefficient (Wildman–Crippen LogP) is 5.99. The summed E-state index contributed by atoms with van der Waals surface area (Å²) in [6, 6.07) is 21.9. The number of fused-ring (bicyclic) bond motifs is 1. The second kappa shape index (κ2) is 7.17. The minimum Gasteiger partial charge on any atom is -0.361 e. The molecular formula is C24H22FN. The van der Waals surface area contributed by atoms with Gasteiger partial charge in [-0.2, -0.15) is 0 Å². The highest BCUT2D eigenvalue weighted by molar-refractivity contribution is 5.83. The van der Waals surface area contributed by atoms with Gasteiger partial charge in [-0.3, -0.25) is 0 Å². The van der Waals surface area contributed by atoms with Gasteiger partial charge in [0, 0.05) is 17.1 Å². The lowest BCUT2D eigenvalue weighted by Gasteiger charge is -2.09. The molecule has 0 bridgehead atoms. The van der Waals surface area contributed by atoms with Crippen molar-refractivity contribution in [2.75, 3.05) is 0 Å².